The van der Waals surface area contributed by atoms with Crippen molar-refractivity contribution in [3.63, 3.8) is 0 Å². The lowest BCUT2D eigenvalue weighted by molar-refractivity contribution is 0.305. The first-order chi connectivity index (χ1) is 8.83. The Balaban J connectivity index is 2.05. The summed E-state index contributed by atoms with van der Waals surface area (Å²) in [5.74, 6) is 0.820. The quantitative estimate of drug-likeness (QED) is 0.778. The van der Waals surface area contributed by atoms with Crippen molar-refractivity contribution in [1.82, 2.24) is 0 Å². The molecule has 3 heteroatoms. The lowest BCUT2D eigenvalue weighted by Crippen LogP contribution is -1.97. The first-order valence-corrected chi connectivity index (χ1v) is 6.81. The molecule has 0 aliphatic rings. The van der Waals surface area contributed by atoms with Gasteiger partial charge >= 0.3 is 0 Å². The van der Waals surface area contributed by atoms with Crippen LogP contribution in [0, 0.1) is 11.3 Å². The molecule has 2 rings (SSSR count). The summed E-state index contributed by atoms with van der Waals surface area (Å²) < 4.78 is 5.67. The Labute approximate surface area is 111 Å². The van der Waals surface area contributed by atoms with Crippen molar-refractivity contribution in [3.05, 3.63) is 59.7 Å². The number of hydrogen-bond donors (Lipinski definition) is 0. The highest BCUT2D eigenvalue weighted by Gasteiger charge is 2.01. The minimum Gasteiger partial charge on any atom is -0.489 e. The second kappa shape index (κ2) is 6.13. The van der Waals surface area contributed by atoms with Crippen molar-refractivity contribution in [2.75, 3.05) is 6.26 Å². The van der Waals surface area contributed by atoms with Crippen LogP contribution in [0.4, 0.5) is 0 Å². The van der Waals surface area contributed by atoms with Crippen LogP contribution in [0.25, 0.3) is 0 Å². The number of ether oxygens (including phenoxy) is 1. The average Bonchev–Trinajstić information content (AvgIpc) is 2.46. The molecule has 0 radical (unpaired) electrons. The fraction of sp³-hybridized carbons (Fsp3) is 0.133. The summed E-state index contributed by atoms with van der Waals surface area (Å²) in [6.07, 6.45) is 2.04. The van der Waals surface area contributed by atoms with Gasteiger partial charge in [-0.05, 0) is 36.6 Å². The van der Waals surface area contributed by atoms with Gasteiger partial charge in [-0.25, -0.2) is 0 Å². The molecular weight excluding hydrogens is 242 g/mol. The Morgan fingerprint density at radius 3 is 2.50 bits per heavy atom. The SMILES string of the molecule is CSc1ccc(OCc2ccccc2C#N)cc1. The summed E-state index contributed by atoms with van der Waals surface area (Å²) in [7, 11) is 0. The van der Waals surface area contributed by atoms with Crippen LogP contribution in [0.1, 0.15) is 11.1 Å². The summed E-state index contributed by atoms with van der Waals surface area (Å²) in [6, 6.07) is 17.6. The fourth-order valence-electron chi connectivity index (χ4n) is 1.59. The third-order valence-electron chi connectivity index (χ3n) is 2.59. The van der Waals surface area contributed by atoms with Gasteiger partial charge in [-0.15, -0.1) is 11.8 Å². The lowest BCUT2D eigenvalue weighted by Gasteiger charge is -2.07. The van der Waals surface area contributed by atoms with Crippen LogP contribution in [-0.2, 0) is 6.61 Å². The van der Waals surface area contributed by atoms with E-state index in [1.54, 1.807) is 17.8 Å². The second-order valence-corrected chi connectivity index (χ2v) is 4.61. The maximum absolute atomic E-state index is 8.98. The highest BCUT2D eigenvalue weighted by Crippen LogP contribution is 2.20. The summed E-state index contributed by atoms with van der Waals surface area (Å²) in [4.78, 5) is 1.21. The van der Waals surface area contributed by atoms with Gasteiger partial charge in [-0.3, -0.25) is 0 Å². The highest BCUT2D eigenvalue weighted by atomic mass is 32.2. The molecule has 0 unspecified atom stereocenters. The van der Waals surface area contributed by atoms with Crippen molar-refractivity contribution >= 4 is 11.8 Å². The molecule has 0 saturated heterocycles. The predicted octanol–water partition coefficient (Wildman–Crippen LogP) is 3.86. The first kappa shape index (κ1) is 12.5. The fourth-order valence-corrected chi connectivity index (χ4v) is 2.00. The topological polar surface area (TPSA) is 33.0 Å². The minimum absolute atomic E-state index is 0.419. The van der Waals surface area contributed by atoms with E-state index in [1.165, 1.54) is 4.90 Å². The molecule has 0 N–H and O–H groups in total. The molecule has 2 aromatic rings. The standard InChI is InChI=1S/C15H13NOS/c1-18-15-8-6-14(7-9-15)17-11-13-5-3-2-4-12(13)10-16/h2-9H,11H2,1H3. The van der Waals surface area contributed by atoms with Gasteiger partial charge in [0.2, 0.25) is 0 Å². The molecule has 0 atom stereocenters. The molecule has 2 nitrogen and oxygen atoms in total. The molecule has 0 aromatic heterocycles. The van der Waals surface area contributed by atoms with Crippen molar-refractivity contribution in [3.8, 4) is 11.8 Å². The van der Waals surface area contributed by atoms with Gasteiger partial charge in [0.1, 0.15) is 12.4 Å². The zero-order valence-corrected chi connectivity index (χ0v) is 10.9. The molecule has 90 valence electrons. The number of nitriles is 1. The summed E-state index contributed by atoms with van der Waals surface area (Å²) in [6.45, 7) is 0.419. The molecular formula is C15H13NOS. The van der Waals surface area contributed by atoms with Gasteiger partial charge in [-0.2, -0.15) is 5.26 Å². The van der Waals surface area contributed by atoms with E-state index in [4.69, 9.17) is 10.00 Å². The maximum atomic E-state index is 8.98. The number of thioether (sulfide) groups is 1. The number of nitrogens with zero attached hydrogens (tertiary/aromatic N) is 1. The molecule has 2 aromatic carbocycles. The third kappa shape index (κ3) is 3.06. The number of benzene rings is 2. The van der Waals surface area contributed by atoms with Crippen molar-refractivity contribution < 1.29 is 4.74 Å². The van der Waals surface area contributed by atoms with Gasteiger partial charge in [0, 0.05) is 10.5 Å². The predicted molar refractivity (Wildman–Crippen MR) is 73.7 cm³/mol. The molecule has 0 saturated carbocycles. The van der Waals surface area contributed by atoms with Gasteiger partial charge in [0.05, 0.1) is 11.6 Å². The molecule has 0 fully saturated rings. The smallest absolute Gasteiger partial charge is 0.119 e. The van der Waals surface area contributed by atoms with Crippen molar-refractivity contribution in [1.29, 1.82) is 5.26 Å². The van der Waals surface area contributed by atoms with Crippen LogP contribution in [-0.4, -0.2) is 6.26 Å². The molecule has 0 bridgehead atoms. The second-order valence-electron chi connectivity index (χ2n) is 3.73. The first-order valence-electron chi connectivity index (χ1n) is 5.58. The van der Waals surface area contributed by atoms with Crippen LogP contribution in [0.15, 0.2) is 53.4 Å². The van der Waals surface area contributed by atoms with Crippen molar-refractivity contribution in [2.24, 2.45) is 0 Å². The van der Waals surface area contributed by atoms with Gasteiger partial charge in [0.25, 0.3) is 0 Å². The Morgan fingerprint density at radius 1 is 1.11 bits per heavy atom. The largest absolute Gasteiger partial charge is 0.489 e. The Hall–Kier alpha value is -1.92. The number of rotatable bonds is 4. The summed E-state index contributed by atoms with van der Waals surface area (Å²) >= 11 is 1.70. The van der Waals surface area contributed by atoms with Crippen molar-refractivity contribution in [2.45, 2.75) is 11.5 Å². The zero-order valence-electron chi connectivity index (χ0n) is 10.1. The third-order valence-corrected chi connectivity index (χ3v) is 3.34. The van der Waals surface area contributed by atoms with E-state index in [0.717, 1.165) is 11.3 Å². The molecule has 18 heavy (non-hydrogen) atoms. The molecule has 0 amide bonds. The molecule has 0 aliphatic heterocycles. The van der Waals surface area contributed by atoms with E-state index in [1.807, 2.05) is 48.7 Å². The van der Waals surface area contributed by atoms with Crippen LogP contribution in [0.5, 0.6) is 5.75 Å². The highest BCUT2D eigenvalue weighted by molar-refractivity contribution is 7.98. The zero-order chi connectivity index (χ0) is 12.8. The number of hydrogen-bond acceptors (Lipinski definition) is 3. The van der Waals surface area contributed by atoms with Gasteiger partial charge < -0.3 is 4.74 Å². The summed E-state index contributed by atoms with van der Waals surface area (Å²) in [5.41, 5.74) is 1.58. The average molecular weight is 255 g/mol. The van der Waals surface area contributed by atoms with E-state index in [0.29, 0.717) is 12.2 Å². The van der Waals surface area contributed by atoms with E-state index >= 15 is 0 Å². The van der Waals surface area contributed by atoms with Crippen LogP contribution in [0.3, 0.4) is 0 Å². The van der Waals surface area contributed by atoms with E-state index < -0.39 is 0 Å². The van der Waals surface area contributed by atoms with E-state index in [9.17, 15) is 0 Å². The van der Waals surface area contributed by atoms with E-state index in [2.05, 4.69) is 6.07 Å². The van der Waals surface area contributed by atoms with E-state index in [-0.39, 0.29) is 0 Å². The normalized spacial score (nSPS) is 9.78. The van der Waals surface area contributed by atoms with Crippen LogP contribution in [0.2, 0.25) is 0 Å². The van der Waals surface area contributed by atoms with Crippen LogP contribution >= 0.6 is 11.8 Å². The molecule has 0 aliphatic carbocycles. The Bertz CT molecular complexity index is 557. The monoisotopic (exact) mass is 255 g/mol. The maximum Gasteiger partial charge on any atom is 0.119 e. The molecule has 0 spiro atoms. The van der Waals surface area contributed by atoms with Crippen LogP contribution < -0.4 is 4.74 Å². The Morgan fingerprint density at radius 2 is 1.83 bits per heavy atom. The summed E-state index contributed by atoms with van der Waals surface area (Å²) in [5, 5.41) is 8.98. The minimum atomic E-state index is 0.419. The Kier molecular flexibility index (Phi) is 4.27. The van der Waals surface area contributed by atoms with Gasteiger partial charge in [0.15, 0.2) is 0 Å². The van der Waals surface area contributed by atoms with Gasteiger partial charge in [-0.1, -0.05) is 18.2 Å². The molecule has 0 heterocycles. The lowest BCUT2D eigenvalue weighted by atomic mass is 10.1.